The Morgan fingerprint density at radius 1 is 1.42 bits per heavy atom. The first-order valence-corrected chi connectivity index (χ1v) is 6.59. The highest BCUT2D eigenvalue weighted by Crippen LogP contribution is 2.37. The summed E-state index contributed by atoms with van der Waals surface area (Å²) in [7, 11) is 0. The van der Waals surface area contributed by atoms with Crippen LogP contribution in [0, 0.1) is 11.8 Å². The summed E-state index contributed by atoms with van der Waals surface area (Å²) in [6.45, 7) is 2.39. The molecule has 0 saturated carbocycles. The molecule has 0 atom stereocenters. The maximum Gasteiger partial charge on any atom is 0.298 e. The van der Waals surface area contributed by atoms with Gasteiger partial charge >= 0.3 is 0 Å². The van der Waals surface area contributed by atoms with E-state index in [2.05, 4.69) is 11.8 Å². The standard InChI is InChI=1S/C15H15ClFNO/c1-2-4-14(19)18-9-7-15(17,8-10-18)12-5-3-6-13(16)11-12/h3,5-6,11H,7-10H2,1H3. The van der Waals surface area contributed by atoms with Crippen molar-refractivity contribution in [2.75, 3.05) is 13.1 Å². The topological polar surface area (TPSA) is 20.3 Å². The molecule has 100 valence electrons. The van der Waals surface area contributed by atoms with Crippen molar-refractivity contribution < 1.29 is 9.18 Å². The van der Waals surface area contributed by atoms with Crippen molar-refractivity contribution in [1.82, 2.24) is 4.90 Å². The number of alkyl halides is 1. The Kier molecular flexibility index (Phi) is 4.11. The van der Waals surface area contributed by atoms with Crippen LogP contribution in [0.2, 0.25) is 5.02 Å². The van der Waals surface area contributed by atoms with Crippen molar-refractivity contribution in [3.05, 3.63) is 34.9 Å². The van der Waals surface area contributed by atoms with E-state index in [1.165, 1.54) is 0 Å². The first-order valence-electron chi connectivity index (χ1n) is 6.22. The van der Waals surface area contributed by atoms with Crippen LogP contribution in [0.4, 0.5) is 4.39 Å². The third-order valence-electron chi connectivity index (χ3n) is 3.42. The van der Waals surface area contributed by atoms with Crippen molar-refractivity contribution in [2.45, 2.75) is 25.4 Å². The average molecular weight is 280 g/mol. The number of carbonyl (C=O) groups excluding carboxylic acids is 1. The van der Waals surface area contributed by atoms with Gasteiger partial charge in [-0.05, 0) is 30.5 Å². The van der Waals surface area contributed by atoms with Gasteiger partial charge < -0.3 is 4.90 Å². The van der Waals surface area contributed by atoms with E-state index in [9.17, 15) is 9.18 Å². The van der Waals surface area contributed by atoms with E-state index < -0.39 is 5.67 Å². The lowest BCUT2D eigenvalue weighted by Gasteiger charge is -2.36. The van der Waals surface area contributed by atoms with E-state index in [0.29, 0.717) is 23.7 Å². The summed E-state index contributed by atoms with van der Waals surface area (Å²) < 4.78 is 14.9. The number of piperidine rings is 1. The summed E-state index contributed by atoms with van der Waals surface area (Å²) in [5.41, 5.74) is -0.810. The summed E-state index contributed by atoms with van der Waals surface area (Å²) in [5, 5.41) is 0.532. The molecule has 1 aromatic rings. The molecule has 0 aromatic heterocycles. The predicted octanol–water partition coefficient (Wildman–Crippen LogP) is 3.15. The van der Waals surface area contributed by atoms with Crippen molar-refractivity contribution in [2.24, 2.45) is 0 Å². The Bertz CT molecular complexity index is 539. The Labute approximate surface area is 117 Å². The van der Waals surface area contributed by atoms with Crippen LogP contribution in [0.15, 0.2) is 24.3 Å². The molecule has 0 radical (unpaired) electrons. The first-order chi connectivity index (χ1) is 9.05. The fourth-order valence-electron chi connectivity index (χ4n) is 2.31. The molecular weight excluding hydrogens is 265 g/mol. The van der Waals surface area contributed by atoms with Crippen LogP contribution in [0.3, 0.4) is 0 Å². The Morgan fingerprint density at radius 2 is 2.11 bits per heavy atom. The maximum atomic E-state index is 14.9. The zero-order valence-corrected chi connectivity index (χ0v) is 11.5. The lowest BCUT2D eigenvalue weighted by atomic mass is 9.86. The monoisotopic (exact) mass is 279 g/mol. The molecule has 1 amide bonds. The molecule has 1 saturated heterocycles. The summed E-state index contributed by atoms with van der Waals surface area (Å²) in [6.07, 6.45) is 0.564. The number of amides is 1. The number of hydrogen-bond acceptors (Lipinski definition) is 1. The molecule has 0 N–H and O–H groups in total. The molecule has 4 heteroatoms. The van der Waals surface area contributed by atoms with E-state index in [1.54, 1.807) is 36.1 Å². The fourth-order valence-corrected chi connectivity index (χ4v) is 2.50. The molecule has 0 bridgehead atoms. The van der Waals surface area contributed by atoms with Crippen LogP contribution in [-0.2, 0) is 10.5 Å². The molecular formula is C15H15ClFNO. The minimum Gasteiger partial charge on any atom is -0.332 e. The zero-order chi connectivity index (χ0) is 13.9. The number of hydrogen-bond donors (Lipinski definition) is 0. The first kappa shape index (κ1) is 13.9. The van der Waals surface area contributed by atoms with Crippen molar-refractivity contribution in [3.63, 3.8) is 0 Å². The van der Waals surface area contributed by atoms with Gasteiger partial charge in [0.25, 0.3) is 5.91 Å². The molecule has 0 spiro atoms. The molecule has 0 aliphatic carbocycles. The van der Waals surface area contributed by atoms with E-state index >= 15 is 0 Å². The van der Waals surface area contributed by atoms with E-state index in [1.807, 2.05) is 0 Å². The highest BCUT2D eigenvalue weighted by molar-refractivity contribution is 6.30. The van der Waals surface area contributed by atoms with Gasteiger partial charge in [0.05, 0.1) is 0 Å². The lowest BCUT2D eigenvalue weighted by Crippen LogP contribution is -2.42. The highest BCUT2D eigenvalue weighted by atomic mass is 35.5. The summed E-state index contributed by atoms with van der Waals surface area (Å²) in [4.78, 5) is 13.2. The van der Waals surface area contributed by atoms with Crippen LogP contribution in [0.5, 0.6) is 0 Å². The number of nitrogens with zero attached hydrogens (tertiary/aromatic N) is 1. The van der Waals surface area contributed by atoms with Gasteiger partial charge in [0, 0.05) is 31.0 Å². The minimum atomic E-state index is -1.40. The van der Waals surface area contributed by atoms with Crippen LogP contribution < -0.4 is 0 Å². The largest absolute Gasteiger partial charge is 0.332 e. The molecule has 1 heterocycles. The third-order valence-corrected chi connectivity index (χ3v) is 3.65. The minimum absolute atomic E-state index is 0.226. The average Bonchev–Trinajstić information content (AvgIpc) is 2.40. The third kappa shape index (κ3) is 3.08. The van der Waals surface area contributed by atoms with E-state index in [0.717, 1.165) is 0 Å². The van der Waals surface area contributed by atoms with E-state index in [4.69, 9.17) is 11.6 Å². The highest BCUT2D eigenvalue weighted by Gasteiger charge is 2.37. The Hall–Kier alpha value is -1.53. The van der Waals surface area contributed by atoms with Gasteiger partial charge in [-0.2, -0.15) is 0 Å². The van der Waals surface area contributed by atoms with Crippen molar-refractivity contribution in [1.29, 1.82) is 0 Å². The maximum absolute atomic E-state index is 14.9. The molecule has 0 unspecified atom stereocenters. The second kappa shape index (κ2) is 5.63. The molecule has 2 rings (SSSR count). The smallest absolute Gasteiger partial charge is 0.298 e. The Balaban J connectivity index is 2.09. The lowest BCUT2D eigenvalue weighted by molar-refractivity contribution is -0.127. The number of carbonyl (C=O) groups is 1. The second-order valence-electron chi connectivity index (χ2n) is 4.64. The van der Waals surface area contributed by atoms with Crippen LogP contribution in [0.1, 0.15) is 25.3 Å². The van der Waals surface area contributed by atoms with Gasteiger partial charge in [-0.25, -0.2) is 4.39 Å². The normalized spacial score (nSPS) is 17.5. The summed E-state index contributed by atoms with van der Waals surface area (Å²) >= 11 is 5.90. The molecule has 1 aliphatic rings. The number of halogens is 2. The Morgan fingerprint density at radius 3 is 2.68 bits per heavy atom. The fraction of sp³-hybridized carbons (Fsp3) is 0.400. The second-order valence-corrected chi connectivity index (χ2v) is 5.08. The molecule has 1 aromatic carbocycles. The van der Waals surface area contributed by atoms with Crippen LogP contribution in [-0.4, -0.2) is 23.9 Å². The SMILES string of the molecule is CC#CC(=O)N1CCC(F)(c2cccc(Cl)c2)CC1. The molecule has 1 aliphatic heterocycles. The van der Waals surface area contributed by atoms with Gasteiger partial charge in [-0.3, -0.25) is 4.79 Å². The summed E-state index contributed by atoms with van der Waals surface area (Å²) in [6, 6.07) is 6.88. The quantitative estimate of drug-likeness (QED) is 0.723. The van der Waals surface area contributed by atoms with Gasteiger partial charge in [-0.1, -0.05) is 29.7 Å². The van der Waals surface area contributed by atoms with Gasteiger partial charge in [-0.15, -0.1) is 0 Å². The molecule has 2 nitrogen and oxygen atoms in total. The molecule has 1 fully saturated rings. The number of benzene rings is 1. The van der Waals surface area contributed by atoms with Crippen LogP contribution in [0.25, 0.3) is 0 Å². The van der Waals surface area contributed by atoms with Crippen LogP contribution >= 0.6 is 11.6 Å². The predicted molar refractivity (Wildman–Crippen MR) is 73.5 cm³/mol. The number of rotatable bonds is 1. The van der Waals surface area contributed by atoms with Crippen molar-refractivity contribution in [3.8, 4) is 11.8 Å². The van der Waals surface area contributed by atoms with Gasteiger partial charge in [0.2, 0.25) is 0 Å². The number of likely N-dealkylation sites (tertiary alicyclic amines) is 1. The van der Waals surface area contributed by atoms with E-state index in [-0.39, 0.29) is 18.7 Å². The van der Waals surface area contributed by atoms with Gasteiger partial charge in [0.15, 0.2) is 0 Å². The zero-order valence-electron chi connectivity index (χ0n) is 10.7. The summed E-state index contributed by atoms with van der Waals surface area (Å²) in [5.74, 6) is 4.83. The van der Waals surface area contributed by atoms with Crippen molar-refractivity contribution >= 4 is 17.5 Å². The molecule has 19 heavy (non-hydrogen) atoms. The van der Waals surface area contributed by atoms with Gasteiger partial charge in [0.1, 0.15) is 5.67 Å².